The molecule has 0 bridgehead atoms. The summed E-state index contributed by atoms with van der Waals surface area (Å²) in [5.41, 5.74) is 5.66. The van der Waals surface area contributed by atoms with Gasteiger partial charge in [-0.25, -0.2) is 14.6 Å². The van der Waals surface area contributed by atoms with E-state index in [-0.39, 0.29) is 42.0 Å². The van der Waals surface area contributed by atoms with E-state index >= 15 is 0 Å². The number of allylic oxidation sites excluding steroid dienone is 1. The monoisotopic (exact) mass is 649 g/mol. The number of esters is 1. The lowest BCUT2D eigenvalue weighted by Gasteiger charge is -2.45. The SMILES string of the molecule is COC(=O)[C@@]1(C)C[C@@H]2C[C@@H]2C[C@H]1C(=O)N1CCc2c(Cl)ccc(OC/C(N)=C(\C(F)F)N(C)N)c2C1CN1CC2(CC2)CC1=O. The van der Waals surface area contributed by atoms with Crippen LogP contribution in [0.4, 0.5) is 8.78 Å². The molecule has 2 amide bonds. The van der Waals surface area contributed by atoms with E-state index in [9.17, 15) is 23.2 Å². The van der Waals surface area contributed by atoms with Crippen molar-refractivity contribution in [3.63, 3.8) is 0 Å². The van der Waals surface area contributed by atoms with E-state index in [1.807, 2.05) is 11.8 Å². The quantitative estimate of drug-likeness (QED) is 0.236. The first kappa shape index (κ1) is 31.8. The van der Waals surface area contributed by atoms with Crippen molar-refractivity contribution in [3.8, 4) is 5.75 Å². The van der Waals surface area contributed by atoms with Crippen LogP contribution in [0.2, 0.25) is 5.02 Å². The molecular weight excluding hydrogens is 608 g/mol. The van der Waals surface area contributed by atoms with E-state index in [2.05, 4.69) is 0 Å². The van der Waals surface area contributed by atoms with Gasteiger partial charge in [-0.05, 0) is 80.4 Å². The number of hydrazine groups is 1. The number of carbonyl (C=O) groups is 3. The van der Waals surface area contributed by atoms with Gasteiger partial charge in [0.25, 0.3) is 6.43 Å². The number of fused-ring (bicyclic) bond motifs is 2. The number of carbonyl (C=O) groups excluding carboxylic acids is 3. The van der Waals surface area contributed by atoms with Crippen molar-refractivity contribution in [2.75, 3.05) is 40.4 Å². The number of methoxy groups -OCH3 is 1. The molecule has 5 atom stereocenters. The Morgan fingerprint density at radius 2 is 1.96 bits per heavy atom. The summed E-state index contributed by atoms with van der Waals surface area (Å²) in [6.45, 7) is 2.62. The molecule has 5 aliphatic rings. The third kappa shape index (κ3) is 5.73. The van der Waals surface area contributed by atoms with E-state index in [1.54, 1.807) is 17.0 Å². The summed E-state index contributed by atoms with van der Waals surface area (Å²) in [5, 5.41) is 1.25. The van der Waals surface area contributed by atoms with Gasteiger partial charge in [-0.2, -0.15) is 0 Å². The van der Waals surface area contributed by atoms with Gasteiger partial charge in [0.1, 0.15) is 18.1 Å². The molecule has 2 heterocycles. The van der Waals surface area contributed by atoms with Crippen molar-refractivity contribution >= 4 is 29.4 Å². The van der Waals surface area contributed by atoms with Crippen molar-refractivity contribution in [2.45, 2.75) is 64.3 Å². The molecule has 1 spiro atoms. The largest absolute Gasteiger partial charge is 0.487 e. The van der Waals surface area contributed by atoms with Crippen LogP contribution in [0, 0.1) is 28.6 Å². The van der Waals surface area contributed by atoms with Crippen LogP contribution in [0.3, 0.4) is 0 Å². The number of hydrogen-bond acceptors (Lipinski definition) is 8. The maximum absolute atomic E-state index is 14.7. The van der Waals surface area contributed by atoms with Crippen LogP contribution in [0.1, 0.15) is 62.6 Å². The number of benzene rings is 1. The molecule has 4 N–H and O–H groups in total. The molecule has 1 saturated heterocycles. The molecule has 10 nitrogen and oxygen atoms in total. The minimum Gasteiger partial charge on any atom is -0.487 e. The third-order valence-corrected chi connectivity index (χ3v) is 11.3. The molecular formula is C32H42ClF2N5O5. The number of amides is 2. The van der Waals surface area contributed by atoms with Crippen LogP contribution in [0.5, 0.6) is 5.75 Å². The summed E-state index contributed by atoms with van der Waals surface area (Å²) in [6, 6.07) is 2.69. The number of alkyl halides is 2. The second-order valence-corrected chi connectivity index (χ2v) is 14.4. The summed E-state index contributed by atoms with van der Waals surface area (Å²) >= 11 is 6.73. The zero-order valence-corrected chi connectivity index (χ0v) is 26.7. The highest BCUT2D eigenvalue weighted by atomic mass is 35.5. The second kappa shape index (κ2) is 11.6. The Bertz CT molecular complexity index is 1420. The highest BCUT2D eigenvalue weighted by molar-refractivity contribution is 6.31. The second-order valence-electron chi connectivity index (χ2n) is 14.0. The Hall–Kier alpha value is -3.12. The Morgan fingerprint density at radius 3 is 2.58 bits per heavy atom. The molecule has 6 rings (SSSR count). The van der Waals surface area contributed by atoms with Crippen LogP contribution in [-0.4, -0.2) is 79.4 Å². The predicted octanol–water partition coefficient (Wildman–Crippen LogP) is 3.62. The molecule has 45 heavy (non-hydrogen) atoms. The van der Waals surface area contributed by atoms with E-state index in [1.165, 1.54) is 14.2 Å². The molecule has 2 aliphatic heterocycles. The number of ether oxygens (including phenoxy) is 2. The maximum atomic E-state index is 14.7. The lowest BCUT2D eigenvalue weighted by Crippen LogP contribution is -2.53. The number of rotatable bonds is 9. The van der Waals surface area contributed by atoms with Gasteiger partial charge in [0.15, 0.2) is 0 Å². The smallest absolute Gasteiger partial charge is 0.312 e. The van der Waals surface area contributed by atoms with Gasteiger partial charge < -0.3 is 30.0 Å². The van der Waals surface area contributed by atoms with Gasteiger partial charge in [-0.15, -0.1) is 0 Å². The fraction of sp³-hybridized carbons (Fsp3) is 0.656. The summed E-state index contributed by atoms with van der Waals surface area (Å²) < 4.78 is 38.7. The molecule has 3 aliphatic carbocycles. The van der Waals surface area contributed by atoms with Crippen LogP contribution in [0.25, 0.3) is 0 Å². The number of nitrogens with zero attached hydrogens (tertiary/aromatic N) is 3. The van der Waals surface area contributed by atoms with Gasteiger partial charge in [0.2, 0.25) is 11.8 Å². The lowest BCUT2D eigenvalue weighted by molar-refractivity contribution is -0.165. The number of likely N-dealkylation sites (tertiary alicyclic amines) is 1. The average Bonchev–Trinajstić information content (AvgIpc) is 3.89. The van der Waals surface area contributed by atoms with Crippen LogP contribution < -0.4 is 16.3 Å². The molecule has 1 unspecified atom stereocenters. The maximum Gasteiger partial charge on any atom is 0.312 e. The molecule has 0 radical (unpaired) electrons. The first-order valence-corrected chi connectivity index (χ1v) is 16.0. The normalized spacial score (nSPS) is 30.1. The predicted molar refractivity (Wildman–Crippen MR) is 162 cm³/mol. The highest BCUT2D eigenvalue weighted by Crippen LogP contribution is 2.59. The number of halogens is 3. The zero-order valence-electron chi connectivity index (χ0n) is 26.0. The Balaban J connectivity index is 1.38. The Morgan fingerprint density at radius 1 is 1.22 bits per heavy atom. The van der Waals surface area contributed by atoms with Crippen molar-refractivity contribution < 1.29 is 32.6 Å². The van der Waals surface area contributed by atoms with E-state index in [0.717, 1.165) is 29.8 Å². The molecule has 1 aromatic rings. The van der Waals surface area contributed by atoms with Gasteiger partial charge >= 0.3 is 5.97 Å². The minimum atomic E-state index is -2.91. The van der Waals surface area contributed by atoms with E-state index in [4.69, 9.17) is 32.7 Å². The zero-order chi connectivity index (χ0) is 32.4. The van der Waals surface area contributed by atoms with Crippen LogP contribution >= 0.6 is 11.6 Å². The summed E-state index contributed by atoms with van der Waals surface area (Å²) in [5.74, 6) is 5.66. The first-order valence-electron chi connectivity index (χ1n) is 15.6. The van der Waals surface area contributed by atoms with Gasteiger partial charge in [-0.3, -0.25) is 14.4 Å². The molecule has 246 valence electrons. The first-order chi connectivity index (χ1) is 21.3. The summed E-state index contributed by atoms with van der Waals surface area (Å²) in [4.78, 5) is 44.7. The molecule has 3 saturated carbocycles. The molecule has 0 aromatic heterocycles. The number of nitrogens with two attached hydrogens (primary N) is 2. The van der Waals surface area contributed by atoms with Crippen molar-refractivity contribution in [1.29, 1.82) is 0 Å². The fourth-order valence-electron chi connectivity index (χ4n) is 8.11. The standard InChI is InChI=1S/C32H42ClF2N5O5/c1-31(30(43)44-3)12-18-10-17(18)11-20(31)29(42)40-9-6-19-21(33)4-5-24(45-15-22(36)27(28(34)35)38(2)37)26(19)23(40)14-39-16-32(7-8-32)13-25(39)41/h4-5,17-18,20,23,28H,6-16,36-37H2,1-3H3/b27-22-/t17-,18+,20+,23?,31+/m1/s1. The van der Waals surface area contributed by atoms with E-state index < -0.39 is 29.5 Å². The number of hydrogen-bond donors (Lipinski definition) is 2. The van der Waals surface area contributed by atoms with Gasteiger partial charge in [0, 0.05) is 43.7 Å². The van der Waals surface area contributed by atoms with E-state index in [0.29, 0.717) is 66.9 Å². The lowest BCUT2D eigenvalue weighted by atomic mass is 9.66. The van der Waals surface area contributed by atoms with Crippen molar-refractivity contribution in [1.82, 2.24) is 14.8 Å². The summed E-state index contributed by atoms with van der Waals surface area (Å²) in [6.07, 6.45) is 2.16. The van der Waals surface area contributed by atoms with Crippen LogP contribution in [-0.2, 0) is 25.5 Å². The van der Waals surface area contributed by atoms with Crippen molar-refractivity contribution in [2.24, 2.45) is 40.2 Å². The minimum absolute atomic E-state index is 0.00403. The average molecular weight is 650 g/mol. The third-order valence-electron chi connectivity index (χ3n) is 10.9. The highest BCUT2D eigenvalue weighted by Gasteiger charge is 2.59. The van der Waals surface area contributed by atoms with Gasteiger partial charge in [0.05, 0.1) is 30.2 Å². The molecule has 13 heteroatoms. The topological polar surface area (TPSA) is 131 Å². The molecule has 1 aromatic carbocycles. The van der Waals surface area contributed by atoms with Crippen LogP contribution in [0.15, 0.2) is 23.5 Å². The Kier molecular flexibility index (Phi) is 8.21. The molecule has 4 fully saturated rings. The van der Waals surface area contributed by atoms with Gasteiger partial charge in [-0.1, -0.05) is 11.6 Å². The van der Waals surface area contributed by atoms with Crippen molar-refractivity contribution in [3.05, 3.63) is 39.7 Å². The summed E-state index contributed by atoms with van der Waals surface area (Å²) in [7, 11) is 2.63. The fourth-order valence-corrected chi connectivity index (χ4v) is 8.37. The Labute approximate surface area is 266 Å².